The van der Waals surface area contributed by atoms with Crippen molar-refractivity contribution in [3.8, 4) is 0 Å². The second-order valence-electron chi connectivity index (χ2n) is 4.04. The Morgan fingerprint density at radius 1 is 1.50 bits per heavy atom. The lowest BCUT2D eigenvalue weighted by Gasteiger charge is -2.29. The lowest BCUT2D eigenvalue weighted by molar-refractivity contribution is 0.234. The van der Waals surface area contributed by atoms with Crippen LogP contribution in [-0.2, 0) is 6.54 Å². The minimum Gasteiger partial charge on any atom is -0.309 e. The van der Waals surface area contributed by atoms with Crippen LogP contribution in [0.25, 0.3) is 0 Å². The van der Waals surface area contributed by atoms with E-state index in [1.165, 1.54) is 30.8 Å². The molecule has 0 aliphatic carbocycles. The number of hydrogen-bond acceptors (Lipinski definition) is 3. The first-order valence-electron chi connectivity index (χ1n) is 5.29. The Labute approximate surface area is 89.9 Å². The summed E-state index contributed by atoms with van der Waals surface area (Å²) in [6, 6.07) is 5.05. The molecule has 2 rings (SSSR count). The molecule has 0 atom stereocenters. The molecule has 3 heteroatoms. The number of piperidine rings is 1. The van der Waals surface area contributed by atoms with E-state index in [4.69, 9.17) is 0 Å². The van der Waals surface area contributed by atoms with E-state index in [1.807, 2.05) is 11.3 Å². The maximum Gasteiger partial charge on any atom is 0.0302 e. The SMILES string of the molecule is CN1CCC(NCc2cccs2)CC1. The highest BCUT2D eigenvalue weighted by Crippen LogP contribution is 2.11. The van der Waals surface area contributed by atoms with E-state index >= 15 is 0 Å². The van der Waals surface area contributed by atoms with Gasteiger partial charge in [0.05, 0.1) is 0 Å². The van der Waals surface area contributed by atoms with Crippen molar-refractivity contribution in [3.05, 3.63) is 22.4 Å². The molecule has 0 spiro atoms. The van der Waals surface area contributed by atoms with Gasteiger partial charge < -0.3 is 10.2 Å². The summed E-state index contributed by atoms with van der Waals surface area (Å²) >= 11 is 1.84. The smallest absolute Gasteiger partial charge is 0.0302 e. The van der Waals surface area contributed by atoms with Gasteiger partial charge in [-0.1, -0.05) is 6.07 Å². The molecule has 1 N–H and O–H groups in total. The Morgan fingerprint density at radius 3 is 2.93 bits per heavy atom. The lowest BCUT2D eigenvalue weighted by Crippen LogP contribution is -2.40. The molecule has 0 amide bonds. The number of nitrogens with zero attached hydrogens (tertiary/aromatic N) is 1. The van der Waals surface area contributed by atoms with E-state index in [1.54, 1.807) is 0 Å². The lowest BCUT2D eigenvalue weighted by atomic mass is 10.1. The van der Waals surface area contributed by atoms with E-state index in [2.05, 4.69) is 34.8 Å². The van der Waals surface area contributed by atoms with Crippen molar-refractivity contribution >= 4 is 11.3 Å². The molecule has 1 aromatic heterocycles. The molecule has 1 aliphatic rings. The van der Waals surface area contributed by atoms with E-state index in [9.17, 15) is 0 Å². The topological polar surface area (TPSA) is 15.3 Å². The highest BCUT2D eigenvalue weighted by atomic mass is 32.1. The van der Waals surface area contributed by atoms with Crippen LogP contribution in [0.3, 0.4) is 0 Å². The van der Waals surface area contributed by atoms with Gasteiger partial charge in [0.15, 0.2) is 0 Å². The predicted octanol–water partition coefficient (Wildman–Crippen LogP) is 1.93. The van der Waals surface area contributed by atoms with E-state index < -0.39 is 0 Å². The van der Waals surface area contributed by atoms with Gasteiger partial charge in [0.2, 0.25) is 0 Å². The Kier molecular flexibility index (Phi) is 3.56. The number of nitrogens with one attached hydrogen (secondary N) is 1. The summed E-state index contributed by atoms with van der Waals surface area (Å²) in [6.07, 6.45) is 2.59. The van der Waals surface area contributed by atoms with Gasteiger partial charge in [-0.25, -0.2) is 0 Å². The highest BCUT2D eigenvalue weighted by molar-refractivity contribution is 7.09. The average Bonchev–Trinajstić information content (AvgIpc) is 2.70. The number of likely N-dealkylation sites (tertiary alicyclic amines) is 1. The van der Waals surface area contributed by atoms with Crippen molar-refractivity contribution in [1.29, 1.82) is 0 Å². The molecule has 0 bridgehead atoms. The van der Waals surface area contributed by atoms with E-state index in [-0.39, 0.29) is 0 Å². The minimum atomic E-state index is 0.730. The van der Waals surface area contributed by atoms with Crippen LogP contribution in [-0.4, -0.2) is 31.1 Å². The molecule has 78 valence electrons. The summed E-state index contributed by atoms with van der Waals surface area (Å²) in [5.41, 5.74) is 0. The fourth-order valence-electron chi connectivity index (χ4n) is 1.87. The van der Waals surface area contributed by atoms with Gasteiger partial charge in [0.1, 0.15) is 0 Å². The van der Waals surface area contributed by atoms with Gasteiger partial charge in [-0.2, -0.15) is 0 Å². The zero-order valence-electron chi connectivity index (χ0n) is 8.70. The molecule has 0 unspecified atom stereocenters. The van der Waals surface area contributed by atoms with Crippen molar-refractivity contribution in [2.24, 2.45) is 0 Å². The highest BCUT2D eigenvalue weighted by Gasteiger charge is 2.15. The van der Waals surface area contributed by atoms with Crippen LogP contribution < -0.4 is 5.32 Å². The molecular formula is C11H18N2S. The first-order valence-corrected chi connectivity index (χ1v) is 6.17. The fourth-order valence-corrected chi connectivity index (χ4v) is 2.53. The predicted molar refractivity (Wildman–Crippen MR) is 61.7 cm³/mol. The first kappa shape index (κ1) is 10.1. The third-order valence-electron chi connectivity index (χ3n) is 2.86. The Bertz CT molecular complexity index is 250. The van der Waals surface area contributed by atoms with Crippen LogP contribution >= 0.6 is 11.3 Å². The normalized spacial score (nSPS) is 20.1. The van der Waals surface area contributed by atoms with Gasteiger partial charge in [0.25, 0.3) is 0 Å². The molecule has 1 aromatic rings. The quantitative estimate of drug-likeness (QED) is 0.820. The molecule has 1 fully saturated rings. The van der Waals surface area contributed by atoms with Crippen LogP contribution in [0.1, 0.15) is 17.7 Å². The number of rotatable bonds is 3. The van der Waals surface area contributed by atoms with Crippen LogP contribution in [0.2, 0.25) is 0 Å². The van der Waals surface area contributed by atoms with E-state index in [0.29, 0.717) is 0 Å². The van der Waals surface area contributed by atoms with Crippen LogP contribution in [0.15, 0.2) is 17.5 Å². The first-order chi connectivity index (χ1) is 6.84. The fraction of sp³-hybridized carbons (Fsp3) is 0.636. The van der Waals surface area contributed by atoms with Crippen LogP contribution in [0.5, 0.6) is 0 Å². The molecular weight excluding hydrogens is 192 g/mol. The second kappa shape index (κ2) is 4.91. The van der Waals surface area contributed by atoms with Crippen LogP contribution in [0.4, 0.5) is 0 Å². The maximum absolute atomic E-state index is 3.63. The summed E-state index contributed by atoms with van der Waals surface area (Å²) in [5, 5.41) is 5.77. The van der Waals surface area contributed by atoms with Crippen molar-refractivity contribution in [2.45, 2.75) is 25.4 Å². The zero-order chi connectivity index (χ0) is 9.80. The zero-order valence-corrected chi connectivity index (χ0v) is 9.52. The van der Waals surface area contributed by atoms with Crippen molar-refractivity contribution in [3.63, 3.8) is 0 Å². The van der Waals surface area contributed by atoms with Crippen molar-refractivity contribution in [2.75, 3.05) is 20.1 Å². The molecule has 0 saturated carbocycles. The number of thiophene rings is 1. The van der Waals surface area contributed by atoms with Gasteiger partial charge in [-0.15, -0.1) is 11.3 Å². The largest absolute Gasteiger partial charge is 0.309 e. The Hall–Kier alpha value is -0.380. The van der Waals surface area contributed by atoms with Gasteiger partial charge >= 0.3 is 0 Å². The standard InChI is InChI=1S/C11H18N2S/c1-13-6-4-10(5-7-13)12-9-11-3-2-8-14-11/h2-3,8,10,12H,4-7,9H2,1H3. The summed E-state index contributed by atoms with van der Waals surface area (Å²) < 4.78 is 0. The summed E-state index contributed by atoms with van der Waals surface area (Å²) in [4.78, 5) is 3.85. The van der Waals surface area contributed by atoms with Crippen molar-refractivity contribution in [1.82, 2.24) is 10.2 Å². The van der Waals surface area contributed by atoms with Crippen molar-refractivity contribution < 1.29 is 0 Å². The Balaban J connectivity index is 1.71. The molecule has 1 aliphatic heterocycles. The second-order valence-corrected chi connectivity index (χ2v) is 5.07. The molecule has 2 heterocycles. The summed E-state index contributed by atoms with van der Waals surface area (Å²) in [5.74, 6) is 0. The van der Waals surface area contributed by atoms with Gasteiger partial charge in [0, 0.05) is 17.5 Å². The number of hydrogen-bond donors (Lipinski definition) is 1. The third kappa shape index (κ3) is 2.80. The molecule has 0 radical (unpaired) electrons. The third-order valence-corrected chi connectivity index (χ3v) is 3.74. The van der Waals surface area contributed by atoms with Crippen LogP contribution in [0, 0.1) is 0 Å². The molecule has 2 nitrogen and oxygen atoms in total. The van der Waals surface area contributed by atoms with Gasteiger partial charge in [-0.3, -0.25) is 0 Å². The summed E-state index contributed by atoms with van der Waals surface area (Å²) in [6.45, 7) is 3.52. The maximum atomic E-state index is 3.63. The minimum absolute atomic E-state index is 0.730. The Morgan fingerprint density at radius 2 is 2.29 bits per heavy atom. The summed E-state index contributed by atoms with van der Waals surface area (Å²) in [7, 11) is 2.20. The molecule has 1 saturated heterocycles. The monoisotopic (exact) mass is 210 g/mol. The average molecular weight is 210 g/mol. The van der Waals surface area contributed by atoms with Gasteiger partial charge in [-0.05, 0) is 44.4 Å². The molecule has 14 heavy (non-hydrogen) atoms. The molecule has 0 aromatic carbocycles. The van der Waals surface area contributed by atoms with E-state index in [0.717, 1.165) is 12.6 Å².